The monoisotopic (exact) mass is 396 g/mol. The molecule has 0 saturated heterocycles. The van der Waals surface area contributed by atoms with Crippen molar-refractivity contribution in [2.75, 3.05) is 11.5 Å². The smallest absolute Gasteiger partial charge is 0.123 e. The van der Waals surface area contributed by atoms with E-state index < -0.39 is 0 Å². The maximum absolute atomic E-state index is 5.60. The van der Waals surface area contributed by atoms with Gasteiger partial charge in [-0.2, -0.15) is 0 Å². The van der Waals surface area contributed by atoms with E-state index in [0.29, 0.717) is 11.6 Å². The predicted octanol–water partition coefficient (Wildman–Crippen LogP) is 4.88. The third-order valence-electron chi connectivity index (χ3n) is 3.45. The molecule has 3 rings (SSSR count). The first-order chi connectivity index (χ1) is 12.0. The number of nitrogens with zero attached hydrogens (tertiary/aromatic N) is 2. The van der Waals surface area contributed by atoms with E-state index in [9.17, 15) is 0 Å². The summed E-state index contributed by atoms with van der Waals surface area (Å²) in [6.07, 6.45) is 4.12. The molecular formula is C20H21BrN4. The fourth-order valence-electron chi connectivity index (χ4n) is 2.08. The van der Waals surface area contributed by atoms with Gasteiger partial charge in [0.15, 0.2) is 0 Å². The zero-order valence-corrected chi connectivity index (χ0v) is 15.9. The SMILES string of the molecule is Cc1nc(N)ccc1Br.Cc1nc(N)ccc1C=Cc1ccccc1. The number of nitrogen functional groups attached to an aromatic ring is 2. The summed E-state index contributed by atoms with van der Waals surface area (Å²) in [6.45, 7) is 3.86. The highest BCUT2D eigenvalue weighted by Gasteiger charge is 1.95. The van der Waals surface area contributed by atoms with Gasteiger partial charge in [0.1, 0.15) is 11.6 Å². The molecule has 0 unspecified atom stereocenters. The van der Waals surface area contributed by atoms with Crippen LogP contribution in [0.1, 0.15) is 22.5 Å². The molecule has 1 aromatic carbocycles. The normalized spacial score (nSPS) is 10.4. The van der Waals surface area contributed by atoms with Crippen LogP contribution in [0.25, 0.3) is 12.2 Å². The van der Waals surface area contributed by atoms with E-state index >= 15 is 0 Å². The molecular weight excluding hydrogens is 376 g/mol. The Labute approximate surface area is 156 Å². The first-order valence-electron chi connectivity index (χ1n) is 7.80. The van der Waals surface area contributed by atoms with Crippen LogP contribution in [0.5, 0.6) is 0 Å². The first kappa shape index (κ1) is 18.7. The molecule has 0 aliphatic heterocycles. The topological polar surface area (TPSA) is 77.8 Å². The second-order valence-corrected chi connectivity index (χ2v) is 6.31. The highest BCUT2D eigenvalue weighted by atomic mass is 79.9. The molecule has 0 aliphatic rings. The third kappa shape index (κ3) is 6.04. The van der Waals surface area contributed by atoms with Crippen molar-refractivity contribution in [2.24, 2.45) is 0 Å². The molecule has 0 bridgehead atoms. The number of hydrogen-bond acceptors (Lipinski definition) is 4. The van der Waals surface area contributed by atoms with Crippen LogP contribution in [-0.4, -0.2) is 9.97 Å². The maximum Gasteiger partial charge on any atom is 0.123 e. The number of rotatable bonds is 2. The van der Waals surface area contributed by atoms with Gasteiger partial charge in [-0.1, -0.05) is 42.5 Å². The van der Waals surface area contributed by atoms with Gasteiger partial charge in [-0.15, -0.1) is 0 Å². The summed E-state index contributed by atoms with van der Waals surface area (Å²) >= 11 is 3.31. The van der Waals surface area contributed by atoms with Crippen molar-refractivity contribution < 1.29 is 0 Å². The van der Waals surface area contributed by atoms with E-state index in [0.717, 1.165) is 21.4 Å². The van der Waals surface area contributed by atoms with Crippen LogP contribution >= 0.6 is 15.9 Å². The van der Waals surface area contributed by atoms with Gasteiger partial charge in [-0.05, 0) is 65.2 Å². The van der Waals surface area contributed by atoms with Crippen LogP contribution in [0.15, 0.2) is 59.1 Å². The Hall–Kier alpha value is -2.66. The predicted molar refractivity (Wildman–Crippen MR) is 110 cm³/mol. The maximum atomic E-state index is 5.60. The summed E-state index contributed by atoms with van der Waals surface area (Å²) in [5.74, 6) is 1.13. The molecule has 0 saturated carbocycles. The van der Waals surface area contributed by atoms with Crippen LogP contribution in [0, 0.1) is 13.8 Å². The molecule has 2 aromatic heterocycles. The number of aromatic nitrogens is 2. The van der Waals surface area contributed by atoms with Gasteiger partial charge < -0.3 is 11.5 Å². The Kier molecular flexibility index (Phi) is 6.71. The molecule has 0 fully saturated rings. The van der Waals surface area contributed by atoms with E-state index in [1.54, 1.807) is 6.07 Å². The Morgan fingerprint density at radius 2 is 1.36 bits per heavy atom. The summed E-state index contributed by atoms with van der Waals surface area (Å²) in [5.41, 5.74) is 15.1. The number of benzene rings is 1. The number of anilines is 2. The summed E-state index contributed by atoms with van der Waals surface area (Å²) in [5, 5.41) is 0. The molecule has 2 heterocycles. The molecule has 0 aliphatic carbocycles. The van der Waals surface area contributed by atoms with E-state index in [4.69, 9.17) is 11.5 Å². The summed E-state index contributed by atoms with van der Waals surface area (Å²) in [4.78, 5) is 8.22. The molecule has 3 aromatic rings. The van der Waals surface area contributed by atoms with E-state index in [-0.39, 0.29) is 0 Å². The van der Waals surface area contributed by atoms with Crippen LogP contribution < -0.4 is 11.5 Å². The lowest BCUT2D eigenvalue weighted by atomic mass is 10.1. The minimum Gasteiger partial charge on any atom is -0.384 e. The van der Waals surface area contributed by atoms with Gasteiger partial charge in [0.2, 0.25) is 0 Å². The zero-order chi connectivity index (χ0) is 18.2. The minimum absolute atomic E-state index is 0.564. The van der Waals surface area contributed by atoms with Gasteiger partial charge in [0, 0.05) is 10.2 Å². The molecule has 4 N–H and O–H groups in total. The van der Waals surface area contributed by atoms with Crippen molar-refractivity contribution in [2.45, 2.75) is 13.8 Å². The lowest BCUT2D eigenvalue weighted by molar-refractivity contribution is 1.19. The van der Waals surface area contributed by atoms with Crippen LogP contribution in [0.4, 0.5) is 11.6 Å². The summed E-state index contributed by atoms with van der Waals surface area (Å²) in [6, 6.07) is 17.6. The standard InChI is InChI=1S/C14H14N2.C6H7BrN2/c1-11-13(9-10-14(15)16-11)8-7-12-5-3-2-4-6-12;1-4-5(7)2-3-6(8)9-4/h2-10H,1H3,(H2,15,16);2-3H,1H3,(H2,8,9). The van der Waals surface area contributed by atoms with Gasteiger partial charge in [0.05, 0.1) is 5.69 Å². The van der Waals surface area contributed by atoms with Crippen molar-refractivity contribution in [3.63, 3.8) is 0 Å². The van der Waals surface area contributed by atoms with Crippen molar-refractivity contribution in [3.8, 4) is 0 Å². The molecule has 128 valence electrons. The lowest BCUT2D eigenvalue weighted by Gasteiger charge is -2.00. The van der Waals surface area contributed by atoms with E-state index in [1.165, 1.54) is 5.56 Å². The Bertz CT molecular complexity index is 861. The first-order valence-corrected chi connectivity index (χ1v) is 8.60. The largest absolute Gasteiger partial charge is 0.384 e. The molecule has 0 spiro atoms. The molecule has 4 nitrogen and oxygen atoms in total. The molecule has 25 heavy (non-hydrogen) atoms. The van der Waals surface area contributed by atoms with Gasteiger partial charge >= 0.3 is 0 Å². The fourth-order valence-corrected chi connectivity index (χ4v) is 2.30. The Morgan fingerprint density at radius 3 is 1.92 bits per heavy atom. The second kappa shape index (κ2) is 8.99. The quantitative estimate of drug-likeness (QED) is 0.646. The fraction of sp³-hybridized carbons (Fsp3) is 0.100. The van der Waals surface area contributed by atoms with E-state index in [1.807, 2.05) is 50.2 Å². The number of pyridine rings is 2. The zero-order valence-electron chi connectivity index (χ0n) is 14.3. The van der Waals surface area contributed by atoms with E-state index in [2.05, 4.69) is 50.2 Å². The number of nitrogens with two attached hydrogens (primary N) is 2. The Balaban J connectivity index is 0.000000212. The lowest BCUT2D eigenvalue weighted by Crippen LogP contribution is -1.93. The average molecular weight is 397 g/mol. The minimum atomic E-state index is 0.564. The highest BCUT2D eigenvalue weighted by molar-refractivity contribution is 9.10. The van der Waals surface area contributed by atoms with Crippen molar-refractivity contribution in [1.82, 2.24) is 9.97 Å². The second-order valence-electron chi connectivity index (χ2n) is 5.46. The van der Waals surface area contributed by atoms with Crippen molar-refractivity contribution in [1.29, 1.82) is 0 Å². The molecule has 0 radical (unpaired) electrons. The molecule has 0 amide bonds. The number of halogens is 1. The van der Waals surface area contributed by atoms with Gasteiger partial charge in [-0.3, -0.25) is 0 Å². The number of hydrogen-bond donors (Lipinski definition) is 2. The average Bonchev–Trinajstić information content (AvgIpc) is 2.59. The highest BCUT2D eigenvalue weighted by Crippen LogP contribution is 2.14. The summed E-state index contributed by atoms with van der Waals surface area (Å²) < 4.78 is 0.997. The van der Waals surface area contributed by atoms with Crippen molar-refractivity contribution >= 4 is 39.7 Å². The molecule has 5 heteroatoms. The molecule has 0 atom stereocenters. The summed E-state index contributed by atoms with van der Waals surface area (Å²) in [7, 11) is 0. The van der Waals surface area contributed by atoms with Crippen LogP contribution in [-0.2, 0) is 0 Å². The van der Waals surface area contributed by atoms with Crippen molar-refractivity contribution in [3.05, 3.63) is 81.6 Å². The number of aryl methyl sites for hydroxylation is 2. The van der Waals surface area contributed by atoms with Gasteiger partial charge in [-0.25, -0.2) is 9.97 Å². The van der Waals surface area contributed by atoms with Gasteiger partial charge in [0.25, 0.3) is 0 Å². The van der Waals surface area contributed by atoms with Crippen LogP contribution in [0.3, 0.4) is 0 Å². The van der Waals surface area contributed by atoms with Crippen LogP contribution in [0.2, 0.25) is 0 Å². The Morgan fingerprint density at radius 1 is 0.760 bits per heavy atom. The third-order valence-corrected chi connectivity index (χ3v) is 4.28.